The highest BCUT2D eigenvalue weighted by Gasteiger charge is 1.98. The Bertz CT molecular complexity index is 226. The predicted octanol–water partition coefficient (Wildman–Crippen LogP) is 2.61. The standard InChI is InChI=1S/C11H16O2/c1-10(12)13-9-5-8-11-6-3-2-4-7-11/h5-6,8H,2-4,7,9H2,1H3/b8-5+. The van der Waals surface area contributed by atoms with E-state index in [0.29, 0.717) is 6.61 Å². The number of esters is 1. The Labute approximate surface area is 79.3 Å². The molecule has 0 fully saturated rings. The van der Waals surface area contributed by atoms with Gasteiger partial charge in [0.2, 0.25) is 0 Å². The Morgan fingerprint density at radius 2 is 2.46 bits per heavy atom. The maximum Gasteiger partial charge on any atom is 0.302 e. The fraction of sp³-hybridized carbons (Fsp3) is 0.545. The van der Waals surface area contributed by atoms with Crippen molar-refractivity contribution in [2.24, 2.45) is 0 Å². The normalized spacial score (nSPS) is 17.2. The largest absolute Gasteiger partial charge is 0.462 e. The summed E-state index contributed by atoms with van der Waals surface area (Å²) in [7, 11) is 0. The summed E-state index contributed by atoms with van der Waals surface area (Å²) in [6, 6.07) is 0. The average molecular weight is 180 g/mol. The molecule has 13 heavy (non-hydrogen) atoms. The monoisotopic (exact) mass is 180 g/mol. The fourth-order valence-electron chi connectivity index (χ4n) is 1.38. The maximum atomic E-state index is 10.4. The van der Waals surface area contributed by atoms with E-state index in [9.17, 15) is 4.79 Å². The molecule has 0 radical (unpaired) electrons. The smallest absolute Gasteiger partial charge is 0.302 e. The molecule has 0 spiro atoms. The molecule has 0 aliphatic heterocycles. The summed E-state index contributed by atoms with van der Waals surface area (Å²) in [5.74, 6) is -0.220. The molecule has 0 aromatic rings. The van der Waals surface area contributed by atoms with Crippen LogP contribution in [0.4, 0.5) is 0 Å². The van der Waals surface area contributed by atoms with E-state index in [1.54, 1.807) is 0 Å². The van der Waals surface area contributed by atoms with Gasteiger partial charge in [-0.1, -0.05) is 17.7 Å². The van der Waals surface area contributed by atoms with Gasteiger partial charge in [-0.2, -0.15) is 0 Å². The van der Waals surface area contributed by atoms with Gasteiger partial charge in [-0.15, -0.1) is 0 Å². The molecule has 72 valence electrons. The lowest BCUT2D eigenvalue weighted by Gasteiger charge is -2.07. The van der Waals surface area contributed by atoms with Gasteiger partial charge in [0.25, 0.3) is 0 Å². The van der Waals surface area contributed by atoms with Crippen LogP contribution < -0.4 is 0 Å². The molecule has 1 rings (SSSR count). The van der Waals surface area contributed by atoms with Crippen LogP contribution in [0.15, 0.2) is 23.8 Å². The number of carbonyl (C=O) groups excluding carboxylic acids is 1. The van der Waals surface area contributed by atoms with Crippen LogP contribution in [0.1, 0.15) is 32.6 Å². The lowest BCUT2D eigenvalue weighted by Crippen LogP contribution is -1.97. The van der Waals surface area contributed by atoms with Gasteiger partial charge in [0.1, 0.15) is 6.61 Å². The number of allylic oxidation sites excluding steroid dienone is 3. The first-order valence-corrected chi connectivity index (χ1v) is 4.78. The minimum Gasteiger partial charge on any atom is -0.462 e. The summed E-state index contributed by atoms with van der Waals surface area (Å²) in [6.07, 6.45) is 11.2. The quantitative estimate of drug-likeness (QED) is 0.624. The molecule has 0 saturated carbocycles. The Hall–Kier alpha value is -1.05. The van der Waals surface area contributed by atoms with Crippen LogP contribution in [0, 0.1) is 0 Å². The molecular formula is C11H16O2. The van der Waals surface area contributed by atoms with Gasteiger partial charge >= 0.3 is 5.97 Å². The zero-order valence-electron chi connectivity index (χ0n) is 8.08. The minimum absolute atomic E-state index is 0.220. The first-order chi connectivity index (χ1) is 6.29. The number of hydrogen-bond acceptors (Lipinski definition) is 2. The Kier molecular flexibility index (Phi) is 4.30. The molecule has 1 aliphatic carbocycles. The second-order valence-corrected chi connectivity index (χ2v) is 3.23. The van der Waals surface area contributed by atoms with Gasteiger partial charge in [-0.05, 0) is 31.8 Å². The first kappa shape index (κ1) is 10.0. The zero-order chi connectivity index (χ0) is 9.52. The van der Waals surface area contributed by atoms with Crippen LogP contribution >= 0.6 is 0 Å². The van der Waals surface area contributed by atoms with Gasteiger partial charge in [0.05, 0.1) is 0 Å². The van der Waals surface area contributed by atoms with Gasteiger partial charge < -0.3 is 4.74 Å². The topological polar surface area (TPSA) is 26.3 Å². The summed E-state index contributed by atoms with van der Waals surface area (Å²) >= 11 is 0. The molecule has 1 aliphatic rings. The highest BCUT2D eigenvalue weighted by molar-refractivity contribution is 5.66. The molecule has 0 aromatic heterocycles. The summed E-state index contributed by atoms with van der Waals surface area (Å²) in [4.78, 5) is 10.4. The average Bonchev–Trinajstić information content (AvgIpc) is 2.14. The molecule has 0 bridgehead atoms. The van der Waals surface area contributed by atoms with E-state index in [-0.39, 0.29) is 5.97 Å². The van der Waals surface area contributed by atoms with Gasteiger partial charge in [0, 0.05) is 6.92 Å². The van der Waals surface area contributed by atoms with Crippen LogP contribution in [-0.4, -0.2) is 12.6 Å². The van der Waals surface area contributed by atoms with Crippen LogP contribution in [0.25, 0.3) is 0 Å². The number of rotatable bonds is 3. The van der Waals surface area contributed by atoms with Crippen molar-refractivity contribution in [3.63, 3.8) is 0 Å². The third kappa shape index (κ3) is 4.51. The van der Waals surface area contributed by atoms with Gasteiger partial charge in [-0.25, -0.2) is 0 Å². The first-order valence-electron chi connectivity index (χ1n) is 4.78. The summed E-state index contributed by atoms with van der Waals surface area (Å²) in [6.45, 7) is 1.82. The highest BCUT2D eigenvalue weighted by atomic mass is 16.5. The van der Waals surface area contributed by atoms with Crippen LogP contribution in [0.2, 0.25) is 0 Å². The van der Waals surface area contributed by atoms with Crippen molar-refractivity contribution in [1.82, 2.24) is 0 Å². The van der Waals surface area contributed by atoms with E-state index in [2.05, 4.69) is 12.2 Å². The number of hydrogen-bond donors (Lipinski definition) is 0. The Balaban J connectivity index is 2.22. The van der Waals surface area contributed by atoms with Crippen molar-refractivity contribution in [2.75, 3.05) is 6.61 Å². The van der Waals surface area contributed by atoms with Crippen LogP contribution in [0.3, 0.4) is 0 Å². The third-order valence-corrected chi connectivity index (χ3v) is 2.04. The maximum absolute atomic E-state index is 10.4. The molecule has 0 saturated heterocycles. The van der Waals surface area contributed by atoms with E-state index in [4.69, 9.17) is 4.74 Å². The predicted molar refractivity (Wildman–Crippen MR) is 52.3 cm³/mol. The lowest BCUT2D eigenvalue weighted by atomic mass is 9.99. The van der Waals surface area contributed by atoms with Crippen molar-refractivity contribution >= 4 is 5.97 Å². The molecule has 0 unspecified atom stereocenters. The van der Waals surface area contributed by atoms with Gasteiger partial charge in [-0.3, -0.25) is 4.79 Å². The van der Waals surface area contributed by atoms with E-state index in [1.165, 1.54) is 31.8 Å². The number of ether oxygens (including phenoxy) is 1. The highest BCUT2D eigenvalue weighted by Crippen LogP contribution is 2.17. The summed E-state index contributed by atoms with van der Waals surface area (Å²) < 4.78 is 4.78. The van der Waals surface area contributed by atoms with Crippen LogP contribution in [0.5, 0.6) is 0 Å². The van der Waals surface area contributed by atoms with E-state index in [1.807, 2.05) is 6.08 Å². The van der Waals surface area contributed by atoms with Crippen molar-refractivity contribution in [2.45, 2.75) is 32.6 Å². The van der Waals surface area contributed by atoms with Crippen molar-refractivity contribution in [1.29, 1.82) is 0 Å². The SMILES string of the molecule is CC(=O)OC/C=C/C1=CCCCC1. The minimum atomic E-state index is -0.220. The second kappa shape index (κ2) is 5.57. The molecule has 0 heterocycles. The molecule has 2 heteroatoms. The Morgan fingerprint density at radius 3 is 3.08 bits per heavy atom. The second-order valence-electron chi connectivity index (χ2n) is 3.23. The molecule has 0 aromatic carbocycles. The van der Waals surface area contributed by atoms with Crippen molar-refractivity contribution in [3.05, 3.63) is 23.8 Å². The van der Waals surface area contributed by atoms with Crippen molar-refractivity contribution < 1.29 is 9.53 Å². The fourth-order valence-corrected chi connectivity index (χ4v) is 1.38. The summed E-state index contributed by atoms with van der Waals surface area (Å²) in [5, 5.41) is 0. The van der Waals surface area contributed by atoms with Crippen molar-refractivity contribution in [3.8, 4) is 0 Å². The van der Waals surface area contributed by atoms with E-state index < -0.39 is 0 Å². The summed E-state index contributed by atoms with van der Waals surface area (Å²) in [5.41, 5.74) is 1.37. The molecule has 0 atom stereocenters. The lowest BCUT2D eigenvalue weighted by molar-refractivity contribution is -0.139. The van der Waals surface area contributed by atoms with Gasteiger partial charge in [0.15, 0.2) is 0 Å². The van der Waals surface area contributed by atoms with Crippen LogP contribution in [-0.2, 0) is 9.53 Å². The molecular weight excluding hydrogens is 164 g/mol. The number of carbonyl (C=O) groups is 1. The molecule has 0 amide bonds. The molecule has 0 N–H and O–H groups in total. The Morgan fingerprint density at radius 1 is 1.62 bits per heavy atom. The zero-order valence-corrected chi connectivity index (χ0v) is 8.08. The van der Waals surface area contributed by atoms with E-state index in [0.717, 1.165) is 6.42 Å². The molecule has 2 nitrogen and oxygen atoms in total. The van der Waals surface area contributed by atoms with E-state index >= 15 is 0 Å². The third-order valence-electron chi connectivity index (χ3n) is 2.04.